The molecule has 12 rings (SSSR count). The van der Waals surface area contributed by atoms with Crippen molar-refractivity contribution in [3.63, 3.8) is 0 Å². The minimum Gasteiger partial charge on any atom is -0.496 e. The summed E-state index contributed by atoms with van der Waals surface area (Å²) in [5, 5.41) is 42.1. The molecule has 2 bridgehead atoms. The largest absolute Gasteiger partial charge is 0.496 e. The molecule has 7 heterocycles. The number of aliphatic hydroxyl groups excluding tert-OH is 2. The predicted octanol–water partition coefficient (Wildman–Crippen LogP) is 12.0. The summed E-state index contributed by atoms with van der Waals surface area (Å²) in [5.41, 5.74) is 16.0. The zero-order valence-electron chi connectivity index (χ0n) is 74.1. The van der Waals surface area contributed by atoms with Crippen LogP contribution in [0, 0.1) is 37.5 Å². The highest BCUT2D eigenvalue weighted by Gasteiger charge is 2.38. The topological polar surface area (TPSA) is 422 Å². The number of nitrogens with one attached hydrogen (secondary N) is 3. The van der Waals surface area contributed by atoms with E-state index < -0.39 is 71.4 Å². The summed E-state index contributed by atoms with van der Waals surface area (Å²) in [7, 11) is 5.03. The molecule has 0 saturated heterocycles. The number of fused-ring (bicyclic) bond motifs is 5. The van der Waals surface area contributed by atoms with Crippen LogP contribution in [-0.4, -0.2) is 211 Å². The van der Waals surface area contributed by atoms with E-state index in [9.17, 15) is 52.4 Å². The van der Waals surface area contributed by atoms with E-state index in [4.69, 9.17) is 40.5 Å². The Morgan fingerprint density at radius 1 is 0.897 bits per heavy atom. The summed E-state index contributed by atoms with van der Waals surface area (Å²) in [5.74, 6) is -0.973. The monoisotopic (exact) mass is 1770 g/mol. The van der Waals surface area contributed by atoms with Gasteiger partial charge in [-0.15, -0.1) is 0 Å². The van der Waals surface area contributed by atoms with E-state index in [1.165, 1.54) is 56.9 Å². The average Bonchev–Trinajstić information content (AvgIpc) is 1.62. The molecule has 8 N–H and O–H groups in total. The number of aryl methyl sites for hydroxylation is 2. The number of hydrogen-bond donors (Lipinski definition) is 7. The van der Waals surface area contributed by atoms with E-state index in [-0.39, 0.29) is 102 Å². The second kappa shape index (κ2) is 47.3. The highest BCUT2D eigenvalue weighted by Crippen LogP contribution is 2.41. The molecule has 6 aromatic heterocycles. The fraction of sp³-hybridized carbons (Fsp3) is 0.478. The fourth-order valence-corrected chi connectivity index (χ4v) is 16.8. The number of hydrogen-bond acceptors (Lipinski definition) is 27. The maximum atomic E-state index is 13.7. The highest BCUT2D eigenvalue weighted by atomic mass is 35.5. The number of esters is 1. The molecule has 4 aliphatic rings. The highest BCUT2D eigenvalue weighted by molar-refractivity contribution is 7.86. The van der Waals surface area contributed by atoms with E-state index in [0.717, 1.165) is 77.0 Å². The van der Waals surface area contributed by atoms with Crippen LogP contribution in [0.25, 0.3) is 22.2 Å². The lowest BCUT2D eigenvalue weighted by atomic mass is 9.54. The van der Waals surface area contributed by atoms with E-state index >= 15 is 0 Å². The van der Waals surface area contributed by atoms with Gasteiger partial charge in [-0.05, 0) is 152 Å². The molecule has 1 aliphatic heterocycles. The van der Waals surface area contributed by atoms with Gasteiger partial charge < -0.3 is 69.9 Å². The van der Waals surface area contributed by atoms with Crippen LogP contribution in [0.1, 0.15) is 170 Å². The normalized spacial score (nSPS) is 22.0. The number of amides is 2. The molecule has 2 aromatic carbocycles. The van der Waals surface area contributed by atoms with E-state index in [1.807, 2.05) is 99.9 Å². The number of ketones is 3. The maximum absolute atomic E-state index is 13.7. The smallest absolute Gasteiger partial charge is 0.303 e. The first-order valence-corrected chi connectivity index (χ1v) is 44.2. The molecular weight excluding hydrogens is 1650 g/mol. The number of anilines is 2. The molecule has 3 aliphatic carbocycles. The van der Waals surface area contributed by atoms with Gasteiger partial charge in [0.2, 0.25) is 11.7 Å². The lowest BCUT2D eigenvalue weighted by Crippen LogP contribution is -2.43. The molecule has 0 unspecified atom stereocenters. The first-order valence-electron chi connectivity index (χ1n) is 42.0. The van der Waals surface area contributed by atoms with Crippen molar-refractivity contribution in [3.05, 3.63) is 207 Å². The average molecular weight is 1770 g/mol. The Bertz CT molecular complexity index is 5350. The van der Waals surface area contributed by atoms with Crippen molar-refractivity contribution in [1.82, 2.24) is 64.5 Å². The number of carbonyl (C=O) groups is 6. The fourth-order valence-electron chi connectivity index (χ4n) is 16.1. The number of halogens is 1. The van der Waals surface area contributed by atoms with Crippen LogP contribution in [0.5, 0.6) is 5.75 Å². The number of rotatable bonds is 26. The third-order valence-electron chi connectivity index (χ3n) is 22.7. The molecule has 31 nitrogen and oxygen atoms in total. The van der Waals surface area contributed by atoms with Gasteiger partial charge in [-0.1, -0.05) is 139 Å². The number of pyridine rings is 1. The van der Waals surface area contributed by atoms with Crippen molar-refractivity contribution < 1.29 is 75.6 Å². The number of aliphatic hydroxyl groups is 2. The number of carbonyl (C=O) groups excluding carboxylic acids is 6. The molecule has 0 radical (unpaired) electrons. The lowest BCUT2D eigenvalue weighted by Gasteiger charge is -2.30. The zero-order valence-corrected chi connectivity index (χ0v) is 75.7. The third kappa shape index (κ3) is 27.9. The van der Waals surface area contributed by atoms with Gasteiger partial charge in [-0.25, -0.2) is 19.9 Å². The number of imidazole rings is 1. The molecule has 0 spiro atoms. The van der Waals surface area contributed by atoms with E-state index in [0.29, 0.717) is 84.4 Å². The SMILES string of the molecule is C.CB(O)[C@@H](CC(=O)[C@H](Cc1ccccc1)NC(=O)c1cnccn1)CC(C)C.CO[C@H]1C[C@H](C)CC2=C(CCCN(C)C)C(=O)C=C(NC(=O)/C(C)=C/C=C\[C@@H](OC)[C@@H](OC(C)=O)/C(C)=C/[C@H](C)[C@H]1O)C2=O.COc1c(C)cnc(Cn2cnc3c(Cl)nc(N)nc32)c1C.CS(=O)(=O)OC[C@@H]1C[C@@H](n2ccc3c(N[C@H]4CCc5ccccc54)ncnc32)C[C@@H]1O. The van der Waals surface area contributed by atoms with Crippen LogP contribution in [0.15, 0.2) is 163 Å². The maximum Gasteiger partial charge on any atom is 0.303 e. The van der Waals surface area contributed by atoms with E-state index in [1.54, 1.807) is 64.9 Å². The quantitative estimate of drug-likeness (QED) is 0.00661. The van der Waals surface area contributed by atoms with Crippen LogP contribution >= 0.6 is 11.6 Å². The Kier molecular flexibility index (Phi) is 37.8. The molecular formula is C92H123BClN15O16S. The van der Waals surface area contributed by atoms with Crippen molar-refractivity contribution in [2.24, 2.45) is 23.7 Å². The summed E-state index contributed by atoms with van der Waals surface area (Å²) in [6.45, 7) is 19.0. The van der Waals surface area contributed by atoms with Gasteiger partial charge >= 0.3 is 5.97 Å². The first kappa shape index (κ1) is 101. The number of nitrogen functional groups attached to an aromatic ring is 1. The van der Waals surface area contributed by atoms with Gasteiger partial charge in [0.25, 0.3) is 28.8 Å². The van der Waals surface area contributed by atoms with Gasteiger partial charge in [0.1, 0.15) is 40.9 Å². The summed E-state index contributed by atoms with van der Waals surface area (Å²) in [6.07, 6.45) is 23.0. The number of nitrogens with two attached hydrogens (primary N) is 1. The lowest BCUT2D eigenvalue weighted by molar-refractivity contribution is -0.149. The van der Waals surface area contributed by atoms with Gasteiger partial charge in [0.15, 0.2) is 28.5 Å². The molecule has 678 valence electrons. The van der Waals surface area contributed by atoms with Crippen molar-refractivity contribution >= 4 is 97.7 Å². The van der Waals surface area contributed by atoms with Crippen LogP contribution < -0.4 is 26.4 Å². The van der Waals surface area contributed by atoms with Gasteiger partial charge in [-0.3, -0.25) is 42.9 Å². The minimum absolute atomic E-state index is 0. The predicted molar refractivity (Wildman–Crippen MR) is 487 cm³/mol. The third-order valence-corrected chi connectivity index (χ3v) is 23.5. The number of benzene rings is 2. The van der Waals surface area contributed by atoms with Crippen LogP contribution in [0.2, 0.25) is 17.8 Å². The Labute approximate surface area is 744 Å². The number of ether oxygens (including phenoxy) is 4. The molecule has 34 heteroatoms. The number of Topliss-reactive ketones (excluding diaryl/α,β-unsaturated/α-hetero) is 2. The Balaban J connectivity index is 0.000000213. The first-order chi connectivity index (χ1) is 59.4. The summed E-state index contributed by atoms with van der Waals surface area (Å²) < 4.78 is 53.8. The van der Waals surface area contributed by atoms with Crippen molar-refractivity contribution in [2.45, 2.75) is 208 Å². The number of methoxy groups -OCH3 is 3. The van der Waals surface area contributed by atoms with Crippen LogP contribution in [0.4, 0.5) is 11.8 Å². The molecule has 126 heavy (non-hydrogen) atoms. The van der Waals surface area contributed by atoms with Crippen LogP contribution in [0.3, 0.4) is 0 Å². The summed E-state index contributed by atoms with van der Waals surface area (Å²) in [4.78, 5) is 113. The summed E-state index contributed by atoms with van der Waals surface area (Å²) >= 11 is 6.04. The van der Waals surface area contributed by atoms with Crippen LogP contribution in [-0.2, 0) is 71.9 Å². The minimum atomic E-state index is -3.53. The Morgan fingerprint density at radius 2 is 1.63 bits per heavy atom. The molecule has 12 atom stereocenters. The number of nitrogens with zero attached hydrogens (tertiary/aromatic N) is 11. The van der Waals surface area contributed by atoms with Crippen molar-refractivity contribution in [2.75, 3.05) is 65.9 Å². The second-order valence-electron chi connectivity index (χ2n) is 33.2. The second-order valence-corrected chi connectivity index (χ2v) is 35.2. The number of allylic oxidation sites excluding steroid dienone is 5. The Morgan fingerprint density at radius 3 is 2.29 bits per heavy atom. The van der Waals surface area contributed by atoms with Crippen molar-refractivity contribution in [1.29, 1.82) is 0 Å². The molecule has 1 fully saturated rings. The van der Waals surface area contributed by atoms with Gasteiger partial charge in [0.05, 0.1) is 86.2 Å². The Hall–Kier alpha value is -10.6. The zero-order chi connectivity index (χ0) is 91.1. The van der Waals surface area contributed by atoms with Gasteiger partial charge in [0, 0.05) is 104 Å². The standard InChI is InChI=1S/C34H50N2O8.C22H26N4O4S.C21H28BN3O3.C14H15ClN6O.CH4/c1-20-16-26-25(13-11-15-36(6)7)28(38)19-27(32(26)40)35-34(41)21(2)12-10-14-29(42-8)33(44-24(5)37)23(4)18-22(3)31(39)30(17-20)43-9;1-31(28,29)30-12-15-10-16(11-20(15)27)26-9-8-18-21(23-13-24-22(18)26)25-19-7-6-14-4-2-3-5-17(14)19;1-15(2)11-17(22(3)28)13-20(26)18(12-16-7-5-4-6-8-16)25-21(27)19-14-23-9-10-24-19;1-7-4-17-9(8(2)11(7)22-3)5-21-6-18-10-12(15)19-14(16)20-13(10)21;/h10,12,14,18-20,22,29-31,33,39H,11,13,15-17H2,1-9H3,(H,35,41);2-5,8-9,13,15-16,19-20,27H,6-7,10-12H2,1H3,(H,23,24,25);4-10,14-15,17-18,28H,11-13H2,1-3H3,(H,25,27);4,6H,5H2,1-3H3,(H2,16,19,20);1H4/b14-10-,21-12+,23-18+;;;;/t20-,22+,29-,30+,31-,33+;15-,16+,19-,20-;17-,18+;;/m101../s1. The van der Waals surface area contributed by atoms with Crippen molar-refractivity contribution in [3.8, 4) is 5.75 Å². The number of aromatic nitrogens is 10. The summed E-state index contributed by atoms with van der Waals surface area (Å²) in [6, 6.07) is 19.6. The molecule has 2 amide bonds. The molecule has 8 aromatic rings. The molecule has 1 saturated carbocycles. The van der Waals surface area contributed by atoms with E-state index in [2.05, 4.69) is 98.5 Å². The van der Waals surface area contributed by atoms with Gasteiger partial charge in [-0.2, -0.15) is 18.4 Å².